The average Bonchev–Trinajstić information content (AvgIpc) is 2.17. The van der Waals surface area contributed by atoms with Crippen LogP contribution in [0.4, 0.5) is 14.5 Å². The summed E-state index contributed by atoms with van der Waals surface area (Å²) in [5.41, 5.74) is 6.16. The first-order valence-electron chi connectivity index (χ1n) is 4.42. The molecule has 1 amide bonds. The highest BCUT2D eigenvalue weighted by molar-refractivity contribution is 5.88. The van der Waals surface area contributed by atoms with Crippen molar-refractivity contribution >= 4 is 11.6 Å². The van der Waals surface area contributed by atoms with Crippen LogP contribution >= 0.6 is 0 Å². The fourth-order valence-corrected chi connectivity index (χ4v) is 1.14. The summed E-state index contributed by atoms with van der Waals surface area (Å²) >= 11 is 0. The Labute approximate surface area is 86.3 Å². The highest BCUT2D eigenvalue weighted by Gasteiger charge is 2.16. The second-order valence-electron chi connectivity index (χ2n) is 3.16. The molecule has 0 aromatic heterocycles. The van der Waals surface area contributed by atoms with Gasteiger partial charge < -0.3 is 11.1 Å². The first-order valence-corrected chi connectivity index (χ1v) is 4.42. The molecule has 0 aliphatic heterocycles. The van der Waals surface area contributed by atoms with Crippen molar-refractivity contribution in [2.75, 3.05) is 5.32 Å². The molecule has 5 heteroatoms. The van der Waals surface area contributed by atoms with Gasteiger partial charge in [0.1, 0.15) is 0 Å². The van der Waals surface area contributed by atoms with E-state index in [0.29, 0.717) is 11.3 Å². The van der Waals surface area contributed by atoms with Crippen LogP contribution in [0.3, 0.4) is 0 Å². The Balaban J connectivity index is 2.76. The van der Waals surface area contributed by atoms with E-state index in [1.54, 1.807) is 12.1 Å². The maximum absolute atomic E-state index is 12.2. The van der Waals surface area contributed by atoms with E-state index in [1.807, 2.05) is 0 Å². The van der Waals surface area contributed by atoms with Gasteiger partial charge in [-0.15, -0.1) is 0 Å². The van der Waals surface area contributed by atoms with Crippen LogP contribution in [0.25, 0.3) is 0 Å². The number of benzene rings is 1. The van der Waals surface area contributed by atoms with Crippen LogP contribution < -0.4 is 11.1 Å². The molecule has 1 rings (SSSR count). The maximum Gasteiger partial charge on any atom is 0.257 e. The smallest absolute Gasteiger partial charge is 0.257 e. The minimum absolute atomic E-state index is 0.207. The average molecular weight is 214 g/mol. The quantitative estimate of drug-likeness (QED) is 0.807. The first kappa shape index (κ1) is 11.6. The molecule has 1 aromatic rings. The molecule has 0 aliphatic carbocycles. The van der Waals surface area contributed by atoms with Gasteiger partial charge in [0.2, 0.25) is 5.91 Å². The fourth-order valence-electron chi connectivity index (χ4n) is 1.14. The summed E-state index contributed by atoms with van der Waals surface area (Å²) in [6.07, 6.45) is -2.59. The zero-order chi connectivity index (χ0) is 11.4. The third-order valence-electron chi connectivity index (χ3n) is 1.89. The molecule has 0 saturated carbocycles. The number of anilines is 1. The molecule has 1 aromatic carbocycles. The highest BCUT2D eigenvalue weighted by atomic mass is 19.3. The SMILES string of the molecule is CC(=O)Nc1ccc([C@H](N)C(F)F)cc1. The lowest BCUT2D eigenvalue weighted by atomic mass is 10.1. The normalized spacial score (nSPS) is 12.6. The topological polar surface area (TPSA) is 55.1 Å². The number of alkyl halides is 2. The number of amides is 1. The Morgan fingerprint density at radius 1 is 1.33 bits per heavy atom. The van der Waals surface area contributed by atoms with Gasteiger partial charge in [-0.1, -0.05) is 12.1 Å². The molecular weight excluding hydrogens is 202 g/mol. The van der Waals surface area contributed by atoms with E-state index in [4.69, 9.17) is 5.73 Å². The molecule has 0 aliphatic rings. The molecule has 15 heavy (non-hydrogen) atoms. The molecule has 0 heterocycles. The van der Waals surface area contributed by atoms with Gasteiger partial charge in [0, 0.05) is 12.6 Å². The minimum atomic E-state index is -2.59. The van der Waals surface area contributed by atoms with Crippen molar-refractivity contribution in [3.05, 3.63) is 29.8 Å². The number of carbonyl (C=O) groups excluding carboxylic acids is 1. The van der Waals surface area contributed by atoms with Gasteiger partial charge in [-0.3, -0.25) is 4.79 Å². The van der Waals surface area contributed by atoms with Crippen LogP contribution in [0, 0.1) is 0 Å². The van der Waals surface area contributed by atoms with Crippen molar-refractivity contribution in [2.45, 2.75) is 19.4 Å². The largest absolute Gasteiger partial charge is 0.326 e. The van der Waals surface area contributed by atoms with Crippen LogP contribution in [0.5, 0.6) is 0 Å². The zero-order valence-corrected chi connectivity index (χ0v) is 8.21. The predicted molar refractivity (Wildman–Crippen MR) is 53.7 cm³/mol. The van der Waals surface area contributed by atoms with E-state index < -0.39 is 12.5 Å². The van der Waals surface area contributed by atoms with Crippen LogP contribution in [0.1, 0.15) is 18.5 Å². The summed E-state index contributed by atoms with van der Waals surface area (Å²) in [4.78, 5) is 10.7. The first-order chi connectivity index (χ1) is 7.00. The van der Waals surface area contributed by atoms with Crippen molar-refractivity contribution in [3.63, 3.8) is 0 Å². The summed E-state index contributed by atoms with van der Waals surface area (Å²) in [5, 5.41) is 2.53. The van der Waals surface area contributed by atoms with Crippen LogP contribution in [0.15, 0.2) is 24.3 Å². The molecule has 0 bridgehead atoms. The zero-order valence-electron chi connectivity index (χ0n) is 8.21. The van der Waals surface area contributed by atoms with Crippen molar-refractivity contribution in [1.29, 1.82) is 0 Å². The second kappa shape index (κ2) is 4.84. The summed E-state index contributed by atoms with van der Waals surface area (Å²) in [5.74, 6) is -0.207. The minimum Gasteiger partial charge on any atom is -0.326 e. The molecule has 82 valence electrons. The van der Waals surface area contributed by atoms with E-state index in [-0.39, 0.29) is 5.91 Å². The van der Waals surface area contributed by atoms with E-state index in [2.05, 4.69) is 5.32 Å². The second-order valence-corrected chi connectivity index (χ2v) is 3.16. The standard InChI is InChI=1S/C10H12F2N2O/c1-6(15)14-8-4-2-7(3-5-8)9(13)10(11)12/h2-5,9-10H,13H2,1H3,(H,14,15)/t9-/m0/s1. The monoisotopic (exact) mass is 214 g/mol. The molecule has 0 saturated heterocycles. The van der Waals surface area contributed by atoms with Crippen LogP contribution in [-0.4, -0.2) is 12.3 Å². The molecule has 0 fully saturated rings. The van der Waals surface area contributed by atoms with E-state index in [0.717, 1.165) is 0 Å². The van der Waals surface area contributed by atoms with Crippen molar-refractivity contribution in [2.24, 2.45) is 5.73 Å². The van der Waals surface area contributed by atoms with E-state index in [9.17, 15) is 13.6 Å². The van der Waals surface area contributed by atoms with Gasteiger partial charge in [-0.25, -0.2) is 8.78 Å². The Bertz CT molecular complexity index is 338. The Morgan fingerprint density at radius 3 is 2.27 bits per heavy atom. The van der Waals surface area contributed by atoms with Crippen molar-refractivity contribution in [1.82, 2.24) is 0 Å². The number of hydrogen-bond acceptors (Lipinski definition) is 2. The van der Waals surface area contributed by atoms with E-state index in [1.165, 1.54) is 19.1 Å². The van der Waals surface area contributed by atoms with Crippen molar-refractivity contribution in [3.8, 4) is 0 Å². The molecule has 1 atom stereocenters. The molecule has 0 radical (unpaired) electrons. The number of rotatable bonds is 3. The van der Waals surface area contributed by atoms with Gasteiger partial charge >= 0.3 is 0 Å². The van der Waals surface area contributed by atoms with E-state index >= 15 is 0 Å². The highest BCUT2D eigenvalue weighted by Crippen LogP contribution is 2.19. The fraction of sp³-hybridized carbons (Fsp3) is 0.300. The molecule has 0 unspecified atom stereocenters. The summed E-state index contributed by atoms with van der Waals surface area (Å²) in [6, 6.07) is 4.75. The number of nitrogens with two attached hydrogens (primary N) is 1. The predicted octanol–water partition coefficient (Wildman–Crippen LogP) is 1.91. The van der Waals surface area contributed by atoms with Crippen molar-refractivity contribution < 1.29 is 13.6 Å². The maximum atomic E-state index is 12.2. The Hall–Kier alpha value is -1.49. The number of hydrogen-bond donors (Lipinski definition) is 2. The van der Waals surface area contributed by atoms with Crippen LogP contribution in [0.2, 0.25) is 0 Å². The lowest BCUT2D eigenvalue weighted by Gasteiger charge is -2.11. The Kier molecular flexibility index (Phi) is 3.74. The summed E-state index contributed by atoms with van der Waals surface area (Å²) in [6.45, 7) is 1.37. The lowest BCUT2D eigenvalue weighted by molar-refractivity contribution is -0.114. The number of halogens is 2. The van der Waals surface area contributed by atoms with Gasteiger partial charge in [0.25, 0.3) is 6.43 Å². The van der Waals surface area contributed by atoms with Gasteiger partial charge in [-0.05, 0) is 17.7 Å². The molecular formula is C10H12F2N2O. The molecule has 3 nitrogen and oxygen atoms in total. The third-order valence-corrected chi connectivity index (χ3v) is 1.89. The summed E-state index contributed by atoms with van der Waals surface area (Å²) in [7, 11) is 0. The van der Waals surface area contributed by atoms with Crippen LogP contribution in [-0.2, 0) is 4.79 Å². The molecule has 0 spiro atoms. The van der Waals surface area contributed by atoms with Gasteiger partial charge in [0.15, 0.2) is 0 Å². The lowest BCUT2D eigenvalue weighted by Crippen LogP contribution is -2.18. The Morgan fingerprint density at radius 2 is 1.87 bits per heavy atom. The third kappa shape index (κ3) is 3.28. The van der Waals surface area contributed by atoms with Gasteiger partial charge in [-0.2, -0.15) is 0 Å². The van der Waals surface area contributed by atoms with Gasteiger partial charge in [0.05, 0.1) is 6.04 Å². The number of nitrogens with one attached hydrogen (secondary N) is 1. The number of carbonyl (C=O) groups is 1. The summed E-state index contributed by atoms with van der Waals surface area (Å²) < 4.78 is 24.5. The molecule has 3 N–H and O–H groups in total.